The van der Waals surface area contributed by atoms with Crippen LogP contribution in [0.2, 0.25) is 0 Å². The predicted molar refractivity (Wildman–Crippen MR) is 91.3 cm³/mol. The molecule has 1 aliphatic carbocycles. The minimum Gasteiger partial charge on any atom is -0.476 e. The molecule has 1 N–H and O–H groups in total. The number of oxazole rings is 1. The maximum atomic E-state index is 11.6. The second kappa shape index (κ2) is 6.98. The number of carboxylic acids is 1. The Labute approximate surface area is 146 Å². The Morgan fingerprint density at radius 3 is 2.84 bits per heavy atom. The van der Waals surface area contributed by atoms with E-state index in [1.54, 1.807) is 0 Å². The third kappa shape index (κ3) is 3.32. The molecule has 0 radical (unpaired) electrons. The average Bonchev–Trinajstić information content (AvgIpc) is 3.07. The van der Waals surface area contributed by atoms with Crippen molar-refractivity contribution in [2.24, 2.45) is 0 Å². The van der Waals surface area contributed by atoms with E-state index in [9.17, 15) is 9.90 Å². The van der Waals surface area contributed by atoms with Crippen LogP contribution in [0.1, 0.15) is 41.9 Å². The van der Waals surface area contributed by atoms with E-state index in [2.05, 4.69) is 9.88 Å². The lowest BCUT2D eigenvalue weighted by molar-refractivity contribution is -0.0926. The van der Waals surface area contributed by atoms with Gasteiger partial charge in [0.05, 0.1) is 19.3 Å². The number of rotatable bonds is 4. The molecule has 0 spiro atoms. The highest BCUT2D eigenvalue weighted by atomic mass is 16.5. The van der Waals surface area contributed by atoms with E-state index >= 15 is 0 Å². The molecule has 6 heteroatoms. The molecule has 2 aliphatic rings. The van der Waals surface area contributed by atoms with E-state index in [0.717, 1.165) is 24.9 Å². The average molecular weight is 342 g/mol. The molecule has 2 fully saturated rings. The van der Waals surface area contributed by atoms with Crippen molar-refractivity contribution < 1.29 is 19.1 Å². The smallest absolute Gasteiger partial charge is 0.358 e. The first kappa shape index (κ1) is 16.3. The minimum absolute atomic E-state index is 0.0118. The van der Waals surface area contributed by atoms with Crippen molar-refractivity contribution in [2.45, 2.75) is 44.4 Å². The second-order valence-corrected chi connectivity index (χ2v) is 6.69. The van der Waals surface area contributed by atoms with Crippen LogP contribution in [0.15, 0.2) is 34.7 Å². The van der Waals surface area contributed by atoms with Crippen LogP contribution in [0, 0.1) is 0 Å². The second-order valence-electron chi connectivity index (χ2n) is 6.69. The van der Waals surface area contributed by atoms with Gasteiger partial charge in [-0.2, -0.15) is 0 Å². The summed E-state index contributed by atoms with van der Waals surface area (Å²) < 4.78 is 11.8. The molecule has 1 aromatic heterocycles. The number of aromatic carboxylic acids is 1. The largest absolute Gasteiger partial charge is 0.476 e. The highest BCUT2D eigenvalue weighted by molar-refractivity contribution is 5.87. The Balaban J connectivity index is 1.61. The molecule has 1 aromatic carbocycles. The molecule has 25 heavy (non-hydrogen) atoms. The van der Waals surface area contributed by atoms with Crippen LogP contribution >= 0.6 is 0 Å². The zero-order chi connectivity index (χ0) is 17.2. The predicted octanol–water partition coefficient (Wildman–Crippen LogP) is 3.18. The fourth-order valence-electron chi connectivity index (χ4n) is 3.89. The van der Waals surface area contributed by atoms with Gasteiger partial charge in [0.25, 0.3) is 0 Å². The Hall–Kier alpha value is -2.18. The van der Waals surface area contributed by atoms with E-state index in [-0.39, 0.29) is 11.8 Å². The van der Waals surface area contributed by atoms with Crippen molar-refractivity contribution in [3.63, 3.8) is 0 Å². The highest BCUT2D eigenvalue weighted by Gasteiger charge is 2.35. The van der Waals surface area contributed by atoms with Crippen molar-refractivity contribution in [3.05, 3.63) is 41.8 Å². The van der Waals surface area contributed by atoms with Crippen LogP contribution in [-0.2, 0) is 11.3 Å². The van der Waals surface area contributed by atoms with E-state index in [1.807, 2.05) is 30.3 Å². The summed E-state index contributed by atoms with van der Waals surface area (Å²) in [7, 11) is 0. The molecule has 1 saturated carbocycles. The fraction of sp³-hybridized carbons (Fsp3) is 0.474. The van der Waals surface area contributed by atoms with Crippen molar-refractivity contribution in [3.8, 4) is 11.5 Å². The molecule has 2 unspecified atom stereocenters. The number of carbonyl (C=O) groups is 1. The number of nitrogens with zero attached hydrogens (tertiary/aromatic N) is 2. The molecule has 2 aromatic rings. The quantitative estimate of drug-likeness (QED) is 0.920. The fourth-order valence-corrected chi connectivity index (χ4v) is 3.89. The number of morpholine rings is 1. The van der Waals surface area contributed by atoms with Gasteiger partial charge in [-0.05, 0) is 25.0 Å². The summed E-state index contributed by atoms with van der Waals surface area (Å²) >= 11 is 0. The van der Waals surface area contributed by atoms with Gasteiger partial charge in [0.1, 0.15) is 0 Å². The van der Waals surface area contributed by atoms with Crippen LogP contribution < -0.4 is 0 Å². The maximum absolute atomic E-state index is 11.6. The molecule has 0 bridgehead atoms. The summed E-state index contributed by atoms with van der Waals surface area (Å²) in [5.74, 6) is -0.256. The third-order valence-corrected chi connectivity index (χ3v) is 5.11. The molecule has 1 saturated heterocycles. The van der Waals surface area contributed by atoms with Gasteiger partial charge in [-0.25, -0.2) is 9.78 Å². The van der Waals surface area contributed by atoms with Gasteiger partial charge < -0.3 is 14.3 Å². The first-order valence-electron chi connectivity index (χ1n) is 8.86. The number of ether oxygens (including phenoxy) is 1. The van der Waals surface area contributed by atoms with Gasteiger partial charge in [-0.3, -0.25) is 4.90 Å². The zero-order valence-corrected chi connectivity index (χ0v) is 14.1. The SMILES string of the molecule is O=C(O)c1nc(-c2ccccc2)oc1CN1CCOC2CCCCC21. The molecule has 0 amide bonds. The highest BCUT2D eigenvalue weighted by Crippen LogP contribution is 2.31. The lowest BCUT2D eigenvalue weighted by Gasteiger charge is -2.43. The molecule has 1 aliphatic heterocycles. The monoisotopic (exact) mass is 342 g/mol. The summed E-state index contributed by atoms with van der Waals surface area (Å²) in [6, 6.07) is 9.75. The van der Waals surface area contributed by atoms with Gasteiger partial charge in [0.15, 0.2) is 11.5 Å². The first-order chi connectivity index (χ1) is 12.2. The Morgan fingerprint density at radius 1 is 1.24 bits per heavy atom. The van der Waals surface area contributed by atoms with Crippen LogP contribution in [0.25, 0.3) is 11.5 Å². The number of fused-ring (bicyclic) bond motifs is 1. The molecular weight excluding hydrogens is 320 g/mol. The van der Waals surface area contributed by atoms with Crippen LogP contribution in [-0.4, -0.2) is 46.3 Å². The number of hydrogen-bond acceptors (Lipinski definition) is 5. The maximum Gasteiger partial charge on any atom is 0.358 e. The van der Waals surface area contributed by atoms with Crippen LogP contribution in [0.4, 0.5) is 0 Å². The number of benzene rings is 1. The summed E-state index contributed by atoms with van der Waals surface area (Å²) in [5, 5.41) is 9.52. The third-order valence-electron chi connectivity index (χ3n) is 5.11. The lowest BCUT2D eigenvalue weighted by atomic mass is 9.90. The summed E-state index contributed by atoms with van der Waals surface area (Å²) in [6.07, 6.45) is 4.83. The van der Waals surface area contributed by atoms with Crippen molar-refractivity contribution in [1.82, 2.24) is 9.88 Å². The lowest BCUT2D eigenvalue weighted by Crippen LogP contribution is -2.52. The number of carboxylic acid groups (broad SMARTS) is 1. The van der Waals surface area contributed by atoms with Gasteiger partial charge in [-0.1, -0.05) is 31.0 Å². The van der Waals surface area contributed by atoms with E-state index < -0.39 is 5.97 Å². The summed E-state index contributed by atoms with van der Waals surface area (Å²) in [5.41, 5.74) is 0.798. The molecule has 6 nitrogen and oxygen atoms in total. The Bertz CT molecular complexity index is 741. The molecular formula is C19H22N2O4. The molecule has 4 rings (SSSR count). The first-order valence-corrected chi connectivity index (χ1v) is 8.86. The van der Waals surface area contributed by atoms with E-state index in [4.69, 9.17) is 9.15 Å². The minimum atomic E-state index is -1.05. The molecule has 2 heterocycles. The van der Waals surface area contributed by atoms with Gasteiger partial charge in [-0.15, -0.1) is 0 Å². The topological polar surface area (TPSA) is 75.8 Å². The van der Waals surface area contributed by atoms with E-state index in [0.29, 0.717) is 30.8 Å². The standard InChI is InChI=1S/C19H22N2O4/c22-19(23)17-16(25-18(20-17)13-6-2-1-3-7-13)12-21-10-11-24-15-9-5-4-8-14(15)21/h1-3,6-7,14-15H,4-5,8-12H2,(H,22,23). The van der Waals surface area contributed by atoms with Crippen LogP contribution in [0.5, 0.6) is 0 Å². The van der Waals surface area contributed by atoms with Crippen molar-refractivity contribution >= 4 is 5.97 Å². The molecule has 2 atom stereocenters. The van der Waals surface area contributed by atoms with Crippen LogP contribution in [0.3, 0.4) is 0 Å². The van der Waals surface area contributed by atoms with Gasteiger partial charge >= 0.3 is 5.97 Å². The molecule has 132 valence electrons. The summed E-state index contributed by atoms with van der Waals surface area (Å²) in [4.78, 5) is 18.2. The van der Waals surface area contributed by atoms with Gasteiger partial charge in [0.2, 0.25) is 5.89 Å². The number of hydrogen-bond donors (Lipinski definition) is 1. The Kier molecular flexibility index (Phi) is 4.55. The van der Waals surface area contributed by atoms with Crippen molar-refractivity contribution in [2.75, 3.05) is 13.2 Å². The van der Waals surface area contributed by atoms with Crippen molar-refractivity contribution in [1.29, 1.82) is 0 Å². The van der Waals surface area contributed by atoms with Gasteiger partial charge in [0, 0.05) is 18.2 Å². The Morgan fingerprint density at radius 2 is 2.04 bits per heavy atom. The number of aromatic nitrogens is 1. The van der Waals surface area contributed by atoms with E-state index in [1.165, 1.54) is 12.8 Å². The zero-order valence-electron chi connectivity index (χ0n) is 14.1. The normalized spacial score (nSPS) is 24.0. The summed E-state index contributed by atoms with van der Waals surface area (Å²) in [6.45, 7) is 1.94.